The number of carbonyl (C=O) groups excluding carboxylic acids is 2. The van der Waals surface area contributed by atoms with Crippen LogP contribution in [0.3, 0.4) is 0 Å². The molecule has 2 heterocycles. The molecule has 0 bridgehead atoms. The highest BCUT2D eigenvalue weighted by Crippen LogP contribution is 2.29. The van der Waals surface area contributed by atoms with Gasteiger partial charge < -0.3 is 10.2 Å². The summed E-state index contributed by atoms with van der Waals surface area (Å²) in [6.45, 7) is 11.5. The van der Waals surface area contributed by atoms with Gasteiger partial charge in [-0.3, -0.25) is 14.5 Å². The van der Waals surface area contributed by atoms with Gasteiger partial charge in [0.2, 0.25) is 5.91 Å². The summed E-state index contributed by atoms with van der Waals surface area (Å²) in [5.41, 5.74) is 2.26. The number of nitrogens with one attached hydrogen (secondary N) is 1. The van der Waals surface area contributed by atoms with Crippen molar-refractivity contribution in [3.05, 3.63) is 51.9 Å². The Hall–Kier alpha value is -2.69. The van der Waals surface area contributed by atoms with Crippen molar-refractivity contribution in [1.29, 1.82) is 5.26 Å². The second kappa shape index (κ2) is 9.63. The number of anilines is 1. The van der Waals surface area contributed by atoms with Crippen molar-refractivity contribution in [2.24, 2.45) is 5.41 Å². The highest BCUT2D eigenvalue weighted by atomic mass is 32.1. The van der Waals surface area contributed by atoms with E-state index in [2.05, 4.69) is 16.3 Å². The minimum absolute atomic E-state index is 0.0407. The standard InChI is InChI=1S/C24H30N4O2S/c1-17-14-20(26-23(30)24(2,3)4)31-21(17)22(29)28-11-5-10-27(12-13-28)16-19-8-6-18(15-25)7-9-19/h6-9,14H,5,10-13,16H2,1-4H3,(H,26,30). The Morgan fingerprint density at radius 2 is 1.84 bits per heavy atom. The SMILES string of the molecule is Cc1cc(NC(=O)C(C)(C)C)sc1C(=O)N1CCCN(Cc2ccc(C#N)cc2)CC1. The molecule has 1 aromatic heterocycles. The van der Waals surface area contributed by atoms with Crippen LogP contribution in [-0.4, -0.2) is 47.8 Å². The van der Waals surface area contributed by atoms with Gasteiger partial charge in [0.1, 0.15) is 0 Å². The minimum atomic E-state index is -0.481. The summed E-state index contributed by atoms with van der Waals surface area (Å²) in [5.74, 6) is -0.0139. The molecular weight excluding hydrogens is 408 g/mol. The van der Waals surface area contributed by atoms with Gasteiger partial charge in [-0.05, 0) is 42.7 Å². The summed E-state index contributed by atoms with van der Waals surface area (Å²) in [7, 11) is 0. The Bertz CT molecular complexity index is 982. The Labute approximate surface area is 188 Å². The van der Waals surface area contributed by atoms with Gasteiger partial charge in [0.25, 0.3) is 5.91 Å². The summed E-state index contributed by atoms with van der Waals surface area (Å²) >= 11 is 1.36. The molecule has 6 nitrogen and oxygen atoms in total. The number of benzene rings is 1. The van der Waals surface area contributed by atoms with Crippen molar-refractivity contribution in [3.63, 3.8) is 0 Å². The molecular formula is C24H30N4O2S. The van der Waals surface area contributed by atoms with Crippen LogP contribution in [0.25, 0.3) is 0 Å². The lowest BCUT2D eigenvalue weighted by Gasteiger charge is -2.22. The molecule has 0 aliphatic carbocycles. The van der Waals surface area contributed by atoms with Crippen molar-refractivity contribution < 1.29 is 9.59 Å². The first-order valence-corrected chi connectivity index (χ1v) is 11.4. The van der Waals surface area contributed by atoms with Crippen LogP contribution in [0.1, 0.15) is 53.6 Å². The number of carbonyl (C=O) groups is 2. The fourth-order valence-corrected chi connectivity index (χ4v) is 4.51. The monoisotopic (exact) mass is 438 g/mol. The van der Waals surface area contributed by atoms with E-state index in [9.17, 15) is 9.59 Å². The molecule has 1 N–H and O–H groups in total. The highest BCUT2D eigenvalue weighted by molar-refractivity contribution is 7.18. The van der Waals surface area contributed by atoms with Crippen LogP contribution >= 0.6 is 11.3 Å². The molecule has 0 atom stereocenters. The molecule has 1 aliphatic rings. The lowest BCUT2D eigenvalue weighted by atomic mass is 9.96. The Kier molecular flexibility index (Phi) is 7.14. The first-order valence-electron chi connectivity index (χ1n) is 10.6. The zero-order chi connectivity index (χ0) is 22.6. The molecule has 7 heteroatoms. The van der Waals surface area contributed by atoms with Gasteiger partial charge in [0.05, 0.1) is 21.5 Å². The molecule has 0 radical (unpaired) electrons. The van der Waals surface area contributed by atoms with E-state index in [0.29, 0.717) is 17.0 Å². The number of hydrogen-bond donors (Lipinski definition) is 1. The Balaban J connectivity index is 1.61. The first kappa shape index (κ1) is 23.0. The Morgan fingerprint density at radius 3 is 2.48 bits per heavy atom. The van der Waals surface area contributed by atoms with Gasteiger partial charge >= 0.3 is 0 Å². The Morgan fingerprint density at radius 1 is 1.13 bits per heavy atom. The molecule has 3 rings (SSSR count). The predicted molar refractivity (Wildman–Crippen MR) is 124 cm³/mol. The third kappa shape index (κ3) is 5.93. The van der Waals surface area contributed by atoms with Crippen LogP contribution in [0.2, 0.25) is 0 Å². The van der Waals surface area contributed by atoms with Gasteiger partial charge in [0, 0.05) is 38.1 Å². The van der Waals surface area contributed by atoms with Crippen molar-refractivity contribution in [1.82, 2.24) is 9.80 Å². The molecule has 1 aliphatic heterocycles. The van der Waals surface area contributed by atoms with Crippen molar-refractivity contribution >= 4 is 28.2 Å². The van der Waals surface area contributed by atoms with Gasteiger partial charge in [-0.2, -0.15) is 5.26 Å². The van der Waals surface area contributed by atoms with E-state index < -0.39 is 5.41 Å². The smallest absolute Gasteiger partial charge is 0.264 e. The molecule has 2 aromatic rings. The summed E-state index contributed by atoms with van der Waals surface area (Å²) in [4.78, 5) is 30.4. The van der Waals surface area contributed by atoms with Gasteiger partial charge in [-0.1, -0.05) is 32.9 Å². The molecule has 0 unspecified atom stereocenters. The van der Waals surface area contributed by atoms with Crippen LogP contribution in [0.15, 0.2) is 30.3 Å². The quantitative estimate of drug-likeness (QED) is 0.774. The fraction of sp³-hybridized carbons (Fsp3) is 0.458. The maximum absolute atomic E-state index is 13.2. The molecule has 0 saturated carbocycles. The summed E-state index contributed by atoms with van der Waals surface area (Å²) in [5, 5.41) is 12.6. The maximum Gasteiger partial charge on any atom is 0.264 e. The van der Waals surface area contributed by atoms with Gasteiger partial charge in [-0.15, -0.1) is 11.3 Å². The van der Waals surface area contributed by atoms with E-state index in [4.69, 9.17) is 5.26 Å². The molecule has 2 amide bonds. The second-order valence-electron chi connectivity index (χ2n) is 9.06. The average Bonchev–Trinajstić information content (AvgIpc) is 2.93. The van der Waals surface area contributed by atoms with Crippen molar-refractivity contribution in [2.75, 3.05) is 31.5 Å². The van der Waals surface area contributed by atoms with E-state index in [1.54, 1.807) is 0 Å². The summed E-state index contributed by atoms with van der Waals surface area (Å²) in [6, 6.07) is 11.7. The van der Waals surface area contributed by atoms with E-state index in [0.717, 1.165) is 43.2 Å². The first-order chi connectivity index (χ1) is 14.7. The number of amides is 2. The van der Waals surface area contributed by atoms with E-state index >= 15 is 0 Å². The van der Waals surface area contributed by atoms with Crippen LogP contribution in [0.4, 0.5) is 5.00 Å². The number of aryl methyl sites for hydroxylation is 1. The lowest BCUT2D eigenvalue weighted by Crippen LogP contribution is -2.35. The fourth-order valence-electron chi connectivity index (χ4n) is 3.47. The van der Waals surface area contributed by atoms with Crippen molar-refractivity contribution in [3.8, 4) is 6.07 Å². The zero-order valence-corrected chi connectivity index (χ0v) is 19.5. The van der Waals surface area contributed by atoms with Crippen LogP contribution in [0.5, 0.6) is 0 Å². The van der Waals surface area contributed by atoms with E-state index in [1.807, 2.05) is 62.9 Å². The minimum Gasteiger partial charge on any atom is -0.337 e. The summed E-state index contributed by atoms with van der Waals surface area (Å²) in [6.07, 6.45) is 0.917. The van der Waals surface area contributed by atoms with Crippen LogP contribution < -0.4 is 5.32 Å². The second-order valence-corrected chi connectivity index (χ2v) is 10.1. The third-order valence-electron chi connectivity index (χ3n) is 5.39. The molecule has 1 aromatic carbocycles. The van der Waals surface area contributed by atoms with E-state index in [-0.39, 0.29) is 11.8 Å². The number of nitriles is 1. The van der Waals surface area contributed by atoms with Gasteiger partial charge in [-0.25, -0.2) is 0 Å². The average molecular weight is 439 g/mol. The van der Waals surface area contributed by atoms with E-state index in [1.165, 1.54) is 16.9 Å². The van der Waals surface area contributed by atoms with Crippen LogP contribution in [0, 0.1) is 23.7 Å². The predicted octanol–water partition coefficient (Wildman–Crippen LogP) is 4.26. The third-order valence-corrected chi connectivity index (χ3v) is 6.54. The maximum atomic E-state index is 13.2. The number of hydrogen-bond acceptors (Lipinski definition) is 5. The summed E-state index contributed by atoms with van der Waals surface area (Å²) < 4.78 is 0. The normalized spacial score (nSPS) is 15.3. The highest BCUT2D eigenvalue weighted by Gasteiger charge is 2.26. The van der Waals surface area contributed by atoms with Crippen molar-refractivity contribution in [2.45, 2.75) is 40.7 Å². The lowest BCUT2D eigenvalue weighted by molar-refractivity contribution is -0.123. The molecule has 1 fully saturated rings. The zero-order valence-electron chi connectivity index (χ0n) is 18.7. The molecule has 0 spiro atoms. The molecule has 31 heavy (non-hydrogen) atoms. The molecule has 164 valence electrons. The topological polar surface area (TPSA) is 76.4 Å². The van der Waals surface area contributed by atoms with Crippen LogP contribution in [-0.2, 0) is 11.3 Å². The number of thiophene rings is 1. The largest absolute Gasteiger partial charge is 0.337 e. The number of rotatable bonds is 4. The molecule has 1 saturated heterocycles. The number of nitrogens with zero attached hydrogens (tertiary/aromatic N) is 3. The van der Waals surface area contributed by atoms with Gasteiger partial charge in [0.15, 0.2) is 0 Å².